The van der Waals surface area contributed by atoms with Crippen molar-refractivity contribution in [1.29, 1.82) is 0 Å². The van der Waals surface area contributed by atoms with Gasteiger partial charge in [0, 0.05) is 18.8 Å². The van der Waals surface area contributed by atoms with E-state index in [4.69, 9.17) is 0 Å². The Kier molecular flexibility index (Phi) is 4.03. The van der Waals surface area contributed by atoms with Crippen LogP contribution in [0.25, 0.3) is 10.7 Å². The lowest BCUT2D eigenvalue weighted by Crippen LogP contribution is -2.36. The van der Waals surface area contributed by atoms with Crippen LogP contribution >= 0.6 is 11.3 Å². The van der Waals surface area contributed by atoms with Gasteiger partial charge in [-0.05, 0) is 31.5 Å². The van der Waals surface area contributed by atoms with Crippen LogP contribution < -0.4 is 10.6 Å². The zero-order chi connectivity index (χ0) is 13.8. The van der Waals surface area contributed by atoms with Crippen LogP contribution in [0.2, 0.25) is 0 Å². The van der Waals surface area contributed by atoms with Gasteiger partial charge >= 0.3 is 0 Å². The molecule has 2 N–H and O–H groups in total. The Morgan fingerprint density at radius 3 is 3.15 bits per heavy atom. The molecule has 0 saturated carbocycles. The number of pyridine rings is 1. The number of carbonyl (C=O) groups is 1. The minimum absolute atomic E-state index is 0.0571. The summed E-state index contributed by atoms with van der Waals surface area (Å²) in [6.45, 7) is 1.72. The lowest BCUT2D eigenvalue weighted by Gasteiger charge is -2.10. The molecule has 1 fully saturated rings. The van der Waals surface area contributed by atoms with Crippen LogP contribution in [0.5, 0.6) is 0 Å². The lowest BCUT2D eigenvalue weighted by atomic mass is 10.2. The average molecular weight is 288 g/mol. The molecule has 0 aliphatic carbocycles. The largest absolute Gasteiger partial charge is 0.350 e. The van der Waals surface area contributed by atoms with E-state index in [9.17, 15) is 4.79 Å². The second-order valence-electron chi connectivity index (χ2n) is 4.75. The number of rotatable bonds is 4. The van der Waals surface area contributed by atoms with Crippen molar-refractivity contribution in [1.82, 2.24) is 20.6 Å². The van der Waals surface area contributed by atoms with Gasteiger partial charge in [0.25, 0.3) is 5.91 Å². The summed E-state index contributed by atoms with van der Waals surface area (Å²) < 4.78 is 0. The molecule has 0 radical (unpaired) electrons. The predicted molar refractivity (Wildman–Crippen MR) is 78.7 cm³/mol. The van der Waals surface area contributed by atoms with Gasteiger partial charge < -0.3 is 10.6 Å². The van der Waals surface area contributed by atoms with E-state index in [0.717, 1.165) is 23.7 Å². The molecule has 0 aromatic carbocycles. The van der Waals surface area contributed by atoms with Gasteiger partial charge in [-0.15, -0.1) is 11.3 Å². The third-order valence-corrected chi connectivity index (χ3v) is 4.30. The maximum absolute atomic E-state index is 12.1. The normalized spacial score (nSPS) is 18.1. The number of hydrogen-bond donors (Lipinski definition) is 2. The summed E-state index contributed by atoms with van der Waals surface area (Å²) in [6, 6.07) is 6.07. The Bertz CT molecular complexity index is 578. The van der Waals surface area contributed by atoms with Crippen molar-refractivity contribution in [3.63, 3.8) is 0 Å². The summed E-state index contributed by atoms with van der Waals surface area (Å²) in [6.07, 6.45) is 5.65. The van der Waals surface area contributed by atoms with E-state index in [-0.39, 0.29) is 5.91 Å². The number of thiazole rings is 1. The van der Waals surface area contributed by atoms with Gasteiger partial charge in [-0.25, -0.2) is 4.98 Å². The third kappa shape index (κ3) is 3.02. The van der Waals surface area contributed by atoms with Gasteiger partial charge in [-0.3, -0.25) is 9.78 Å². The topological polar surface area (TPSA) is 66.9 Å². The molecule has 0 bridgehead atoms. The zero-order valence-corrected chi connectivity index (χ0v) is 11.8. The van der Waals surface area contributed by atoms with E-state index >= 15 is 0 Å². The van der Waals surface area contributed by atoms with E-state index in [1.807, 2.05) is 18.2 Å². The Labute approximate surface area is 121 Å². The number of amides is 1. The fourth-order valence-corrected chi connectivity index (χ4v) is 3.03. The summed E-state index contributed by atoms with van der Waals surface area (Å²) in [5.41, 5.74) is 0.800. The van der Waals surface area contributed by atoms with Crippen molar-refractivity contribution < 1.29 is 4.79 Å². The van der Waals surface area contributed by atoms with Gasteiger partial charge in [0.2, 0.25) is 0 Å². The first kappa shape index (κ1) is 13.2. The van der Waals surface area contributed by atoms with Crippen molar-refractivity contribution in [2.24, 2.45) is 0 Å². The average Bonchev–Trinajstić information content (AvgIpc) is 3.17. The Hall–Kier alpha value is -1.79. The summed E-state index contributed by atoms with van der Waals surface area (Å²) >= 11 is 1.37. The van der Waals surface area contributed by atoms with Crippen LogP contribution in [0.1, 0.15) is 22.5 Å². The quantitative estimate of drug-likeness (QED) is 0.898. The molecule has 3 rings (SSSR count). The first-order valence-electron chi connectivity index (χ1n) is 6.72. The lowest BCUT2D eigenvalue weighted by molar-refractivity contribution is 0.0954. The summed E-state index contributed by atoms with van der Waals surface area (Å²) in [5, 5.41) is 7.08. The number of aromatic nitrogens is 2. The van der Waals surface area contributed by atoms with Crippen molar-refractivity contribution in [3.05, 3.63) is 35.5 Å². The van der Waals surface area contributed by atoms with Crippen molar-refractivity contribution in [3.8, 4) is 10.7 Å². The third-order valence-electron chi connectivity index (χ3n) is 3.28. The molecule has 2 aromatic rings. The smallest absolute Gasteiger partial charge is 0.263 e. The van der Waals surface area contributed by atoms with Crippen LogP contribution in [0.15, 0.2) is 30.6 Å². The summed E-state index contributed by atoms with van der Waals surface area (Å²) in [4.78, 5) is 21.2. The fourth-order valence-electron chi connectivity index (χ4n) is 2.22. The summed E-state index contributed by atoms with van der Waals surface area (Å²) in [5.74, 6) is -0.0571. The molecule has 1 unspecified atom stereocenters. The van der Waals surface area contributed by atoms with E-state index in [0.29, 0.717) is 17.5 Å². The van der Waals surface area contributed by atoms with Crippen molar-refractivity contribution in [2.45, 2.75) is 18.9 Å². The highest BCUT2D eigenvalue weighted by Crippen LogP contribution is 2.22. The van der Waals surface area contributed by atoms with Crippen LogP contribution in [0.4, 0.5) is 0 Å². The first-order valence-corrected chi connectivity index (χ1v) is 7.53. The first-order chi connectivity index (χ1) is 9.83. The molecule has 1 aliphatic rings. The Morgan fingerprint density at radius 1 is 1.45 bits per heavy atom. The van der Waals surface area contributed by atoms with E-state index in [1.54, 1.807) is 12.4 Å². The van der Waals surface area contributed by atoms with Gasteiger partial charge in [0.1, 0.15) is 9.88 Å². The predicted octanol–water partition coefficient (Wildman–Crippen LogP) is 1.69. The summed E-state index contributed by atoms with van der Waals surface area (Å²) in [7, 11) is 0. The van der Waals surface area contributed by atoms with Crippen LogP contribution in [0, 0.1) is 0 Å². The maximum Gasteiger partial charge on any atom is 0.263 e. The zero-order valence-electron chi connectivity index (χ0n) is 11.0. The molecular formula is C14H16N4OS. The number of nitrogens with zero attached hydrogens (tertiary/aromatic N) is 2. The Balaban J connectivity index is 1.62. The highest BCUT2D eigenvalue weighted by Gasteiger charge is 2.17. The van der Waals surface area contributed by atoms with E-state index in [2.05, 4.69) is 20.6 Å². The molecule has 1 amide bonds. The molecule has 1 saturated heterocycles. The number of hydrogen-bond acceptors (Lipinski definition) is 5. The van der Waals surface area contributed by atoms with Gasteiger partial charge in [-0.1, -0.05) is 6.07 Å². The monoisotopic (exact) mass is 288 g/mol. The maximum atomic E-state index is 12.1. The second kappa shape index (κ2) is 6.11. The van der Waals surface area contributed by atoms with Gasteiger partial charge in [0.05, 0.1) is 11.9 Å². The Morgan fingerprint density at radius 2 is 2.40 bits per heavy atom. The molecular weight excluding hydrogens is 272 g/mol. The number of nitrogens with one attached hydrogen (secondary N) is 2. The number of carbonyl (C=O) groups excluding carboxylic acids is 1. The highest BCUT2D eigenvalue weighted by molar-refractivity contribution is 7.16. The SMILES string of the molecule is O=C(NCC1CCCN1)c1cnc(-c2ccccn2)s1. The van der Waals surface area contributed by atoms with Crippen molar-refractivity contribution >= 4 is 17.2 Å². The van der Waals surface area contributed by atoms with Gasteiger partial charge in [-0.2, -0.15) is 0 Å². The van der Waals surface area contributed by atoms with Crippen LogP contribution in [0.3, 0.4) is 0 Å². The molecule has 104 valence electrons. The van der Waals surface area contributed by atoms with Crippen LogP contribution in [-0.4, -0.2) is 35.0 Å². The molecule has 3 heterocycles. The minimum atomic E-state index is -0.0571. The fraction of sp³-hybridized carbons (Fsp3) is 0.357. The minimum Gasteiger partial charge on any atom is -0.350 e. The van der Waals surface area contributed by atoms with Gasteiger partial charge in [0.15, 0.2) is 0 Å². The standard InChI is InChI=1S/C14H16N4OS/c19-13(17-8-10-4-3-7-15-10)12-9-18-14(20-12)11-5-1-2-6-16-11/h1-2,5-6,9-10,15H,3-4,7-8H2,(H,17,19). The molecule has 6 heteroatoms. The molecule has 20 heavy (non-hydrogen) atoms. The molecule has 5 nitrogen and oxygen atoms in total. The molecule has 1 atom stereocenters. The van der Waals surface area contributed by atoms with Crippen molar-refractivity contribution in [2.75, 3.05) is 13.1 Å². The molecule has 0 spiro atoms. The van der Waals surface area contributed by atoms with E-state index in [1.165, 1.54) is 17.8 Å². The van der Waals surface area contributed by atoms with E-state index < -0.39 is 0 Å². The highest BCUT2D eigenvalue weighted by atomic mass is 32.1. The molecule has 1 aliphatic heterocycles. The second-order valence-corrected chi connectivity index (χ2v) is 5.78. The van der Waals surface area contributed by atoms with Crippen LogP contribution in [-0.2, 0) is 0 Å². The molecule has 2 aromatic heterocycles.